The summed E-state index contributed by atoms with van der Waals surface area (Å²) < 4.78 is 10.4. The van der Waals surface area contributed by atoms with Gasteiger partial charge in [-0.15, -0.1) is 0 Å². The van der Waals surface area contributed by atoms with E-state index in [1.165, 1.54) is 0 Å². The highest BCUT2D eigenvalue weighted by atomic mass is 16.5. The molecule has 2 N–H and O–H groups in total. The smallest absolute Gasteiger partial charge is 0.352 e. The van der Waals surface area contributed by atoms with Crippen LogP contribution in [0.1, 0.15) is 17.3 Å². The van der Waals surface area contributed by atoms with Gasteiger partial charge in [-0.05, 0) is 55.5 Å². The van der Waals surface area contributed by atoms with Gasteiger partial charge in [0.25, 0.3) is 0 Å². The summed E-state index contributed by atoms with van der Waals surface area (Å²) in [5, 5.41) is 12.0. The number of carboxylic acid groups (broad SMARTS) is 1. The highest BCUT2D eigenvalue weighted by molar-refractivity contribution is 6.09. The molecule has 130 valence electrons. The molecule has 0 unspecified atom stereocenters. The van der Waals surface area contributed by atoms with Crippen LogP contribution in [-0.2, 0) is 4.79 Å². The van der Waals surface area contributed by atoms with Crippen molar-refractivity contribution in [2.24, 2.45) is 0 Å². The van der Waals surface area contributed by atoms with Gasteiger partial charge in [-0.2, -0.15) is 0 Å². The Morgan fingerprint density at radius 2 is 1.64 bits per heavy atom. The third kappa shape index (κ3) is 5.10. The number of hydrogen-bond acceptors (Lipinski definition) is 5. The van der Waals surface area contributed by atoms with Gasteiger partial charge in [0.05, 0.1) is 13.7 Å². The van der Waals surface area contributed by atoms with Crippen LogP contribution >= 0.6 is 0 Å². The molecule has 0 aliphatic carbocycles. The summed E-state index contributed by atoms with van der Waals surface area (Å²) in [6.07, 6.45) is 1.06. The van der Waals surface area contributed by atoms with Crippen LogP contribution in [0.4, 0.5) is 5.69 Å². The molecular weight excluding hydrogens is 322 g/mol. The molecule has 0 saturated heterocycles. The zero-order valence-electron chi connectivity index (χ0n) is 14.0. The van der Waals surface area contributed by atoms with E-state index < -0.39 is 11.8 Å². The minimum Gasteiger partial charge on any atom is -0.497 e. The van der Waals surface area contributed by atoms with Gasteiger partial charge in [0.2, 0.25) is 0 Å². The number of hydrogen-bond donors (Lipinski definition) is 2. The van der Waals surface area contributed by atoms with Crippen LogP contribution in [0.5, 0.6) is 11.5 Å². The number of nitrogens with one attached hydrogen (secondary N) is 1. The Bertz CT molecular complexity index is 763. The average molecular weight is 341 g/mol. The maximum absolute atomic E-state index is 12.3. The Balaban J connectivity index is 2.17. The fourth-order valence-corrected chi connectivity index (χ4v) is 2.08. The van der Waals surface area contributed by atoms with Gasteiger partial charge < -0.3 is 19.9 Å². The molecule has 25 heavy (non-hydrogen) atoms. The Morgan fingerprint density at radius 1 is 1.04 bits per heavy atom. The summed E-state index contributed by atoms with van der Waals surface area (Å²) in [7, 11) is 1.54. The molecule has 0 bridgehead atoms. The molecule has 0 spiro atoms. The van der Waals surface area contributed by atoms with Crippen LogP contribution in [0, 0.1) is 0 Å². The van der Waals surface area contributed by atoms with E-state index in [2.05, 4.69) is 5.32 Å². The molecule has 2 aromatic carbocycles. The van der Waals surface area contributed by atoms with Gasteiger partial charge in [0.15, 0.2) is 5.78 Å². The number of rotatable bonds is 8. The van der Waals surface area contributed by atoms with Crippen molar-refractivity contribution in [2.75, 3.05) is 19.0 Å². The molecule has 0 amide bonds. The molecule has 0 heterocycles. The first-order valence-electron chi connectivity index (χ1n) is 7.66. The van der Waals surface area contributed by atoms with Gasteiger partial charge in [0, 0.05) is 17.3 Å². The Kier molecular flexibility index (Phi) is 6.17. The quantitative estimate of drug-likeness (QED) is 0.566. The molecule has 0 atom stereocenters. The molecule has 0 radical (unpaired) electrons. The molecule has 0 aromatic heterocycles. The molecular formula is C19H19NO5. The maximum atomic E-state index is 12.3. The maximum Gasteiger partial charge on any atom is 0.352 e. The van der Waals surface area contributed by atoms with Crippen molar-refractivity contribution < 1.29 is 24.2 Å². The van der Waals surface area contributed by atoms with E-state index in [1.54, 1.807) is 55.6 Å². The predicted octanol–water partition coefficient (Wildman–Crippen LogP) is 3.36. The van der Waals surface area contributed by atoms with E-state index in [0.29, 0.717) is 29.4 Å². The standard InChI is InChI=1S/C19H19NO5/c1-3-25-16-8-4-13(5-9-16)18(21)12-17(19(22)23)20-14-6-10-15(24-2)11-7-14/h4-12,20H,3H2,1-2H3,(H,22,23)/b17-12-. The number of ether oxygens (including phenoxy) is 2. The largest absolute Gasteiger partial charge is 0.497 e. The number of ketones is 1. The number of allylic oxidation sites excluding steroid dienone is 1. The second-order valence-electron chi connectivity index (χ2n) is 5.04. The van der Waals surface area contributed by atoms with Gasteiger partial charge in [-0.25, -0.2) is 4.79 Å². The summed E-state index contributed by atoms with van der Waals surface area (Å²) in [5.41, 5.74) is 0.691. The highest BCUT2D eigenvalue weighted by Crippen LogP contribution is 2.18. The molecule has 0 aliphatic rings. The van der Waals surface area contributed by atoms with Crippen molar-refractivity contribution in [1.29, 1.82) is 0 Å². The van der Waals surface area contributed by atoms with Crippen LogP contribution in [0.2, 0.25) is 0 Å². The fourth-order valence-electron chi connectivity index (χ4n) is 2.08. The number of methoxy groups -OCH3 is 1. The number of aliphatic carboxylic acids is 1. The Labute approximate surface area is 145 Å². The van der Waals surface area contributed by atoms with Crippen LogP contribution in [0.25, 0.3) is 0 Å². The van der Waals surface area contributed by atoms with Crippen molar-refractivity contribution >= 4 is 17.4 Å². The lowest BCUT2D eigenvalue weighted by atomic mass is 10.1. The summed E-state index contributed by atoms with van der Waals surface area (Å²) in [6, 6.07) is 13.2. The van der Waals surface area contributed by atoms with E-state index in [4.69, 9.17) is 9.47 Å². The first-order chi connectivity index (χ1) is 12.0. The second kappa shape index (κ2) is 8.54. The molecule has 0 fully saturated rings. The first-order valence-corrected chi connectivity index (χ1v) is 7.66. The van der Waals surface area contributed by atoms with Gasteiger partial charge in [-0.3, -0.25) is 4.79 Å². The van der Waals surface area contributed by atoms with E-state index in [1.807, 2.05) is 6.92 Å². The van der Waals surface area contributed by atoms with Gasteiger partial charge in [0.1, 0.15) is 17.2 Å². The van der Waals surface area contributed by atoms with Crippen LogP contribution in [0.15, 0.2) is 60.3 Å². The lowest BCUT2D eigenvalue weighted by Crippen LogP contribution is -2.13. The summed E-state index contributed by atoms with van der Waals surface area (Å²) >= 11 is 0. The lowest BCUT2D eigenvalue weighted by Gasteiger charge is -2.08. The van der Waals surface area contributed by atoms with E-state index >= 15 is 0 Å². The molecule has 0 saturated carbocycles. The third-order valence-electron chi connectivity index (χ3n) is 3.32. The zero-order chi connectivity index (χ0) is 18.2. The van der Waals surface area contributed by atoms with Crippen molar-refractivity contribution in [3.63, 3.8) is 0 Å². The highest BCUT2D eigenvalue weighted by Gasteiger charge is 2.12. The summed E-state index contributed by atoms with van der Waals surface area (Å²) in [6.45, 7) is 2.40. The topological polar surface area (TPSA) is 84.9 Å². The van der Waals surface area contributed by atoms with Crippen LogP contribution in [0.3, 0.4) is 0 Å². The molecule has 6 nitrogen and oxygen atoms in total. The van der Waals surface area contributed by atoms with E-state index in [0.717, 1.165) is 6.08 Å². The van der Waals surface area contributed by atoms with Crippen LogP contribution < -0.4 is 14.8 Å². The molecule has 2 rings (SSSR count). The number of carboxylic acids is 1. The zero-order valence-corrected chi connectivity index (χ0v) is 14.0. The SMILES string of the molecule is CCOc1ccc(C(=O)/C=C(\Nc2ccc(OC)cc2)C(=O)O)cc1. The minimum atomic E-state index is -1.23. The average Bonchev–Trinajstić information content (AvgIpc) is 2.62. The lowest BCUT2D eigenvalue weighted by molar-refractivity contribution is -0.132. The Hall–Kier alpha value is -3.28. The predicted molar refractivity (Wildman–Crippen MR) is 94.3 cm³/mol. The van der Waals surface area contributed by atoms with Gasteiger partial charge in [-0.1, -0.05) is 0 Å². The van der Waals surface area contributed by atoms with E-state index in [9.17, 15) is 14.7 Å². The van der Waals surface area contributed by atoms with Crippen molar-refractivity contribution in [3.8, 4) is 11.5 Å². The van der Waals surface area contributed by atoms with Crippen molar-refractivity contribution in [3.05, 3.63) is 65.9 Å². The third-order valence-corrected chi connectivity index (χ3v) is 3.32. The van der Waals surface area contributed by atoms with Crippen molar-refractivity contribution in [2.45, 2.75) is 6.92 Å². The van der Waals surface area contributed by atoms with Crippen molar-refractivity contribution in [1.82, 2.24) is 0 Å². The number of carbonyl (C=O) groups excluding carboxylic acids is 1. The first kappa shape index (κ1) is 18.1. The number of benzene rings is 2. The molecule has 2 aromatic rings. The van der Waals surface area contributed by atoms with Crippen LogP contribution in [-0.4, -0.2) is 30.6 Å². The molecule has 0 aliphatic heterocycles. The number of anilines is 1. The van der Waals surface area contributed by atoms with E-state index in [-0.39, 0.29) is 5.70 Å². The second-order valence-corrected chi connectivity index (χ2v) is 5.04. The molecule has 6 heteroatoms. The fraction of sp³-hybridized carbons (Fsp3) is 0.158. The summed E-state index contributed by atoms with van der Waals surface area (Å²) in [4.78, 5) is 23.7. The number of carbonyl (C=O) groups is 2. The van der Waals surface area contributed by atoms with Gasteiger partial charge >= 0.3 is 5.97 Å². The summed E-state index contributed by atoms with van der Waals surface area (Å²) in [5.74, 6) is -0.341. The minimum absolute atomic E-state index is 0.218. The normalized spacial score (nSPS) is 10.9. The Morgan fingerprint density at radius 3 is 2.16 bits per heavy atom. The monoisotopic (exact) mass is 341 g/mol.